The molecular weight excluding hydrogens is 425 g/mol. The number of carbonyl (C=O) groups is 1. The van der Waals surface area contributed by atoms with Crippen LogP contribution in [0.5, 0.6) is 5.75 Å². The summed E-state index contributed by atoms with van der Waals surface area (Å²) in [4.78, 5) is 21.2. The highest BCUT2D eigenvalue weighted by Gasteiger charge is 2.25. The molecular formula is C20H26FN5O4S. The van der Waals surface area contributed by atoms with Crippen molar-refractivity contribution < 1.29 is 22.3 Å². The molecule has 1 aliphatic rings. The fraction of sp³-hybridized carbons (Fsp3) is 0.450. The van der Waals surface area contributed by atoms with Gasteiger partial charge in [0.05, 0.1) is 24.0 Å². The Morgan fingerprint density at radius 1 is 1.26 bits per heavy atom. The molecule has 0 unspecified atom stereocenters. The summed E-state index contributed by atoms with van der Waals surface area (Å²) in [6.45, 7) is 1.58. The van der Waals surface area contributed by atoms with Gasteiger partial charge in [-0.1, -0.05) is 0 Å². The van der Waals surface area contributed by atoms with Crippen LogP contribution >= 0.6 is 0 Å². The van der Waals surface area contributed by atoms with Gasteiger partial charge < -0.3 is 15.8 Å². The van der Waals surface area contributed by atoms with Crippen LogP contribution in [-0.2, 0) is 10.0 Å². The van der Waals surface area contributed by atoms with Gasteiger partial charge in [-0.2, -0.15) is 4.98 Å². The number of ketones is 1. The smallest absolute Gasteiger partial charge is 0.224 e. The molecule has 0 bridgehead atoms. The number of hydrogen-bond acceptors (Lipinski definition) is 8. The van der Waals surface area contributed by atoms with Crippen molar-refractivity contribution in [3.63, 3.8) is 0 Å². The van der Waals surface area contributed by atoms with Gasteiger partial charge in [-0.3, -0.25) is 4.79 Å². The maximum absolute atomic E-state index is 14.0. The first-order valence-electron chi connectivity index (χ1n) is 9.85. The number of halogens is 1. The van der Waals surface area contributed by atoms with Crippen molar-refractivity contribution in [3.8, 4) is 5.75 Å². The number of methoxy groups -OCH3 is 1. The Morgan fingerprint density at radius 2 is 1.94 bits per heavy atom. The van der Waals surface area contributed by atoms with Crippen LogP contribution in [0, 0.1) is 18.7 Å². The van der Waals surface area contributed by atoms with Gasteiger partial charge in [0.1, 0.15) is 17.4 Å². The minimum atomic E-state index is -3.48. The predicted molar refractivity (Wildman–Crippen MR) is 115 cm³/mol. The van der Waals surface area contributed by atoms with E-state index < -0.39 is 21.6 Å². The van der Waals surface area contributed by atoms with Crippen molar-refractivity contribution >= 4 is 27.6 Å². The molecule has 0 amide bonds. The highest BCUT2D eigenvalue weighted by Crippen LogP contribution is 2.28. The second-order valence-electron chi connectivity index (χ2n) is 7.81. The number of ether oxygens (including phenoxy) is 1. The molecule has 1 aliphatic carbocycles. The third-order valence-electron chi connectivity index (χ3n) is 5.44. The molecule has 9 nitrogen and oxygen atoms in total. The van der Waals surface area contributed by atoms with E-state index in [1.807, 2.05) is 0 Å². The first kappa shape index (κ1) is 22.9. The first-order chi connectivity index (χ1) is 14.6. The summed E-state index contributed by atoms with van der Waals surface area (Å²) in [7, 11) is -2.08. The summed E-state index contributed by atoms with van der Waals surface area (Å²) in [5.74, 6) is -0.559. The van der Waals surface area contributed by atoms with Crippen molar-refractivity contribution in [1.29, 1.82) is 0 Å². The molecule has 1 aromatic carbocycles. The average Bonchev–Trinajstić information content (AvgIpc) is 2.70. The highest BCUT2D eigenvalue weighted by molar-refractivity contribution is 7.89. The van der Waals surface area contributed by atoms with Crippen LogP contribution in [0.1, 0.15) is 47.2 Å². The second-order valence-corrected chi connectivity index (χ2v) is 9.47. The van der Waals surface area contributed by atoms with Gasteiger partial charge in [-0.05, 0) is 56.2 Å². The Hall–Kier alpha value is -2.79. The number of anilines is 2. The number of nitrogens with zero attached hydrogens (tertiary/aromatic N) is 2. The molecule has 2 aromatic rings. The van der Waals surface area contributed by atoms with E-state index in [9.17, 15) is 17.6 Å². The normalized spacial score (nSPS) is 19.1. The van der Waals surface area contributed by atoms with Crippen molar-refractivity contribution in [2.75, 3.05) is 23.9 Å². The number of benzene rings is 1. The summed E-state index contributed by atoms with van der Waals surface area (Å²) < 4.78 is 41.7. The van der Waals surface area contributed by atoms with Crippen LogP contribution in [0.4, 0.5) is 16.2 Å². The molecule has 1 fully saturated rings. The van der Waals surface area contributed by atoms with Gasteiger partial charge in [-0.25, -0.2) is 22.9 Å². The standard InChI is InChI=1S/C20H26FN5O4S/c1-11-7-17(30-2)14(8-16(11)21)18(27)15-9-24-20(26-19(15)22)25-13-5-3-12(4-6-13)10-31(23,28)29/h7-9,12-13H,3-6,10H2,1-2H3,(H2,23,28,29)(H3,22,24,25,26). The lowest BCUT2D eigenvalue weighted by molar-refractivity contribution is 0.103. The third-order valence-corrected chi connectivity index (χ3v) is 6.37. The van der Waals surface area contributed by atoms with Crippen molar-refractivity contribution in [3.05, 3.63) is 40.8 Å². The number of aryl methyl sites for hydroxylation is 1. The summed E-state index contributed by atoms with van der Waals surface area (Å²) in [5, 5.41) is 8.29. The summed E-state index contributed by atoms with van der Waals surface area (Å²) in [5.41, 5.74) is 6.43. The topological polar surface area (TPSA) is 150 Å². The second kappa shape index (κ2) is 9.15. The van der Waals surface area contributed by atoms with Crippen LogP contribution in [0.15, 0.2) is 18.3 Å². The maximum Gasteiger partial charge on any atom is 0.224 e. The van der Waals surface area contributed by atoms with E-state index >= 15 is 0 Å². The van der Waals surface area contributed by atoms with Gasteiger partial charge in [0.15, 0.2) is 0 Å². The lowest BCUT2D eigenvalue weighted by Crippen LogP contribution is -2.31. The minimum Gasteiger partial charge on any atom is -0.496 e. The Bertz CT molecular complexity index is 1090. The number of nitrogens with two attached hydrogens (primary N) is 2. The molecule has 1 aromatic heterocycles. The number of primary sulfonamides is 1. The average molecular weight is 452 g/mol. The fourth-order valence-corrected chi connectivity index (χ4v) is 4.76. The third kappa shape index (κ3) is 5.67. The van der Waals surface area contributed by atoms with E-state index in [-0.39, 0.29) is 46.4 Å². The fourth-order valence-electron chi connectivity index (χ4n) is 3.77. The molecule has 0 aliphatic heterocycles. The van der Waals surface area contributed by atoms with Gasteiger partial charge in [0.2, 0.25) is 21.8 Å². The summed E-state index contributed by atoms with van der Waals surface area (Å²) in [6, 6.07) is 2.62. The Kier molecular flexibility index (Phi) is 6.75. The highest BCUT2D eigenvalue weighted by atomic mass is 32.2. The number of aromatic nitrogens is 2. The number of rotatable bonds is 7. The molecule has 3 rings (SSSR count). The van der Waals surface area contributed by atoms with Crippen LogP contribution in [0.25, 0.3) is 0 Å². The van der Waals surface area contributed by atoms with E-state index in [0.717, 1.165) is 31.7 Å². The molecule has 0 spiro atoms. The Morgan fingerprint density at radius 3 is 2.52 bits per heavy atom. The number of carbonyl (C=O) groups excluding carboxylic acids is 1. The number of nitrogens with one attached hydrogen (secondary N) is 1. The van der Waals surface area contributed by atoms with Crippen molar-refractivity contribution in [2.24, 2.45) is 11.1 Å². The van der Waals surface area contributed by atoms with Gasteiger partial charge in [-0.15, -0.1) is 0 Å². The molecule has 5 N–H and O–H groups in total. The summed E-state index contributed by atoms with van der Waals surface area (Å²) >= 11 is 0. The van der Waals surface area contributed by atoms with Crippen LogP contribution in [-0.4, -0.2) is 43.1 Å². The van der Waals surface area contributed by atoms with Crippen molar-refractivity contribution in [1.82, 2.24) is 9.97 Å². The Balaban J connectivity index is 1.70. The van der Waals surface area contributed by atoms with Crippen LogP contribution in [0.3, 0.4) is 0 Å². The largest absolute Gasteiger partial charge is 0.496 e. The molecule has 11 heteroatoms. The van der Waals surface area contributed by atoms with Crippen LogP contribution < -0.4 is 20.9 Å². The monoisotopic (exact) mass is 451 g/mol. The molecule has 1 heterocycles. The lowest BCUT2D eigenvalue weighted by Gasteiger charge is -2.28. The van der Waals surface area contributed by atoms with Crippen LogP contribution in [0.2, 0.25) is 0 Å². The molecule has 0 saturated heterocycles. The van der Waals surface area contributed by atoms with Crippen molar-refractivity contribution in [2.45, 2.75) is 38.6 Å². The lowest BCUT2D eigenvalue weighted by atomic mass is 9.87. The molecule has 1 saturated carbocycles. The summed E-state index contributed by atoms with van der Waals surface area (Å²) in [6.07, 6.45) is 4.22. The van der Waals surface area contributed by atoms with E-state index in [4.69, 9.17) is 15.6 Å². The number of sulfonamides is 1. The van der Waals surface area contributed by atoms with E-state index in [1.54, 1.807) is 6.92 Å². The zero-order chi connectivity index (χ0) is 22.8. The van der Waals surface area contributed by atoms with Gasteiger partial charge in [0.25, 0.3) is 0 Å². The quantitative estimate of drug-likeness (QED) is 0.541. The number of hydrogen-bond donors (Lipinski definition) is 3. The molecule has 0 atom stereocenters. The minimum absolute atomic E-state index is 0.0109. The maximum atomic E-state index is 14.0. The van der Waals surface area contributed by atoms with E-state index in [0.29, 0.717) is 5.56 Å². The zero-order valence-corrected chi connectivity index (χ0v) is 18.2. The molecule has 168 valence electrons. The van der Waals surface area contributed by atoms with Gasteiger partial charge in [0, 0.05) is 12.2 Å². The predicted octanol–water partition coefficient (Wildman–Crippen LogP) is 2.01. The first-order valence-corrected chi connectivity index (χ1v) is 11.6. The number of nitrogen functional groups attached to an aromatic ring is 1. The molecule has 31 heavy (non-hydrogen) atoms. The molecule has 0 radical (unpaired) electrons. The zero-order valence-electron chi connectivity index (χ0n) is 17.4. The SMILES string of the molecule is COc1cc(C)c(F)cc1C(=O)c1cnc(NC2CCC(CS(N)(=O)=O)CC2)nc1N. The van der Waals surface area contributed by atoms with E-state index in [2.05, 4.69) is 15.3 Å². The van der Waals surface area contributed by atoms with E-state index in [1.165, 1.54) is 19.4 Å². The Labute approximate surface area is 180 Å². The van der Waals surface area contributed by atoms with Gasteiger partial charge >= 0.3 is 0 Å².